The number of hydrogen-bond acceptors (Lipinski definition) is 5. The first-order valence-corrected chi connectivity index (χ1v) is 6.84. The van der Waals surface area contributed by atoms with E-state index in [4.69, 9.17) is 4.74 Å². The maximum absolute atomic E-state index is 12.6. The fraction of sp³-hybridized carbons (Fsp3) is 0.429. The number of aromatic amines is 1. The zero-order valence-corrected chi connectivity index (χ0v) is 12.0. The van der Waals surface area contributed by atoms with Crippen LogP contribution in [0, 0.1) is 13.8 Å². The van der Waals surface area contributed by atoms with Gasteiger partial charge in [-0.1, -0.05) is 0 Å². The first-order chi connectivity index (χ1) is 10.1. The van der Waals surface area contributed by atoms with Gasteiger partial charge >= 0.3 is 0 Å². The molecule has 1 fully saturated rings. The number of nitrogens with one attached hydrogen (secondary N) is 1. The van der Waals surface area contributed by atoms with E-state index in [0.29, 0.717) is 31.0 Å². The van der Waals surface area contributed by atoms with Gasteiger partial charge in [-0.3, -0.25) is 4.79 Å². The van der Waals surface area contributed by atoms with Crippen molar-refractivity contribution in [2.24, 2.45) is 0 Å². The van der Waals surface area contributed by atoms with Crippen LogP contribution in [0.5, 0.6) is 0 Å². The molecule has 7 nitrogen and oxygen atoms in total. The predicted molar refractivity (Wildman–Crippen MR) is 74.7 cm³/mol. The number of nitrogens with zero attached hydrogens (tertiary/aromatic N) is 4. The van der Waals surface area contributed by atoms with Crippen LogP contribution in [0.25, 0.3) is 0 Å². The number of H-pyrrole nitrogens is 1. The van der Waals surface area contributed by atoms with E-state index in [9.17, 15) is 4.79 Å². The molecule has 3 heterocycles. The lowest BCUT2D eigenvalue weighted by molar-refractivity contribution is -0.0265. The van der Waals surface area contributed by atoms with Gasteiger partial charge in [-0.15, -0.1) is 0 Å². The van der Waals surface area contributed by atoms with E-state index in [1.165, 1.54) is 6.33 Å². The van der Waals surface area contributed by atoms with Crippen molar-refractivity contribution < 1.29 is 9.53 Å². The van der Waals surface area contributed by atoms with Crippen molar-refractivity contribution in [3.63, 3.8) is 0 Å². The molecule has 21 heavy (non-hydrogen) atoms. The van der Waals surface area contributed by atoms with Gasteiger partial charge in [0.15, 0.2) is 0 Å². The Balaban J connectivity index is 1.77. The molecule has 1 amide bonds. The van der Waals surface area contributed by atoms with Crippen LogP contribution in [-0.4, -0.2) is 50.4 Å². The molecule has 2 aromatic rings. The smallest absolute Gasteiger partial charge is 0.257 e. The Morgan fingerprint density at radius 3 is 2.95 bits per heavy atom. The highest BCUT2D eigenvalue weighted by atomic mass is 16.5. The number of hydrogen-bond donors (Lipinski definition) is 1. The average molecular weight is 287 g/mol. The van der Waals surface area contributed by atoms with Gasteiger partial charge in [0.1, 0.15) is 18.3 Å². The zero-order valence-electron chi connectivity index (χ0n) is 12.0. The molecular weight excluding hydrogens is 270 g/mol. The fourth-order valence-corrected chi connectivity index (χ4v) is 2.37. The van der Waals surface area contributed by atoms with E-state index in [1.54, 1.807) is 17.3 Å². The molecule has 0 saturated carbocycles. The number of imidazole rings is 1. The number of aromatic nitrogens is 4. The van der Waals surface area contributed by atoms with Gasteiger partial charge in [-0.25, -0.2) is 15.0 Å². The summed E-state index contributed by atoms with van der Waals surface area (Å²) in [4.78, 5) is 29.8. The second kappa shape index (κ2) is 5.61. The summed E-state index contributed by atoms with van der Waals surface area (Å²) in [5.41, 5.74) is 2.20. The monoisotopic (exact) mass is 287 g/mol. The number of morpholine rings is 1. The van der Waals surface area contributed by atoms with Crippen LogP contribution in [0.3, 0.4) is 0 Å². The molecule has 0 spiro atoms. The maximum atomic E-state index is 12.6. The van der Waals surface area contributed by atoms with Crippen LogP contribution in [0.2, 0.25) is 0 Å². The Hall–Kier alpha value is -2.28. The van der Waals surface area contributed by atoms with E-state index >= 15 is 0 Å². The SMILES string of the molecule is Cc1cnc(C2CN(C(=O)c3cncnc3C)CCO2)[nH]1. The van der Waals surface area contributed by atoms with Crippen molar-refractivity contribution in [1.29, 1.82) is 0 Å². The molecule has 1 saturated heterocycles. The molecule has 0 radical (unpaired) electrons. The highest BCUT2D eigenvalue weighted by Crippen LogP contribution is 2.21. The third-order valence-corrected chi connectivity index (χ3v) is 3.52. The summed E-state index contributed by atoms with van der Waals surface area (Å²) >= 11 is 0. The Bertz CT molecular complexity index is 654. The van der Waals surface area contributed by atoms with E-state index in [2.05, 4.69) is 19.9 Å². The zero-order chi connectivity index (χ0) is 14.8. The average Bonchev–Trinajstić information content (AvgIpc) is 2.94. The predicted octanol–water partition coefficient (Wildman–Crippen LogP) is 1.03. The topological polar surface area (TPSA) is 84.0 Å². The quantitative estimate of drug-likeness (QED) is 0.892. The summed E-state index contributed by atoms with van der Waals surface area (Å²) in [5.74, 6) is 0.690. The van der Waals surface area contributed by atoms with Crippen LogP contribution >= 0.6 is 0 Å². The Kier molecular flexibility index (Phi) is 3.66. The summed E-state index contributed by atoms with van der Waals surface area (Å²) in [6.45, 7) is 5.27. The summed E-state index contributed by atoms with van der Waals surface area (Å²) in [7, 11) is 0. The summed E-state index contributed by atoms with van der Waals surface area (Å²) < 4.78 is 5.70. The fourth-order valence-electron chi connectivity index (χ4n) is 2.37. The standard InChI is InChI=1S/C14H17N5O2/c1-9-5-16-13(18-9)12-7-19(3-4-21-12)14(20)11-6-15-8-17-10(11)2/h5-6,8,12H,3-4,7H2,1-2H3,(H,16,18). The molecule has 0 aromatic carbocycles. The second-order valence-corrected chi connectivity index (χ2v) is 5.08. The maximum Gasteiger partial charge on any atom is 0.257 e. The summed E-state index contributed by atoms with van der Waals surface area (Å²) in [6.07, 6.45) is 4.54. The number of amides is 1. The number of carbonyl (C=O) groups excluding carboxylic acids is 1. The van der Waals surface area contributed by atoms with Crippen molar-refractivity contribution in [2.75, 3.05) is 19.7 Å². The normalized spacial score (nSPS) is 18.8. The molecule has 1 aliphatic heterocycles. The van der Waals surface area contributed by atoms with Gasteiger partial charge in [-0.05, 0) is 13.8 Å². The second-order valence-electron chi connectivity index (χ2n) is 5.08. The molecule has 0 aliphatic carbocycles. The third kappa shape index (κ3) is 2.78. The highest BCUT2D eigenvalue weighted by molar-refractivity contribution is 5.94. The minimum absolute atomic E-state index is 0.0651. The molecule has 1 unspecified atom stereocenters. The molecule has 7 heteroatoms. The van der Waals surface area contributed by atoms with Crippen molar-refractivity contribution in [3.05, 3.63) is 41.5 Å². The van der Waals surface area contributed by atoms with Gasteiger partial charge in [-0.2, -0.15) is 0 Å². The Morgan fingerprint density at radius 2 is 2.24 bits per heavy atom. The van der Waals surface area contributed by atoms with Crippen LogP contribution in [0.15, 0.2) is 18.7 Å². The molecular formula is C14H17N5O2. The Labute approximate surface area is 122 Å². The van der Waals surface area contributed by atoms with Gasteiger partial charge in [0.2, 0.25) is 0 Å². The molecule has 1 aliphatic rings. The van der Waals surface area contributed by atoms with Crippen LogP contribution in [0.4, 0.5) is 0 Å². The Morgan fingerprint density at radius 1 is 1.38 bits per heavy atom. The van der Waals surface area contributed by atoms with Crippen LogP contribution < -0.4 is 0 Å². The number of carbonyl (C=O) groups is 1. The third-order valence-electron chi connectivity index (χ3n) is 3.52. The number of aryl methyl sites for hydroxylation is 2. The summed E-state index contributed by atoms with van der Waals surface area (Å²) in [6, 6.07) is 0. The van der Waals surface area contributed by atoms with Gasteiger partial charge in [0, 0.05) is 24.6 Å². The van der Waals surface area contributed by atoms with Crippen molar-refractivity contribution in [1.82, 2.24) is 24.8 Å². The molecule has 3 rings (SSSR count). The lowest BCUT2D eigenvalue weighted by Crippen LogP contribution is -2.42. The first kappa shape index (κ1) is 13.7. The highest BCUT2D eigenvalue weighted by Gasteiger charge is 2.28. The molecule has 110 valence electrons. The number of rotatable bonds is 2. The largest absolute Gasteiger partial charge is 0.367 e. The van der Waals surface area contributed by atoms with E-state index in [1.807, 2.05) is 13.8 Å². The van der Waals surface area contributed by atoms with Crippen molar-refractivity contribution in [3.8, 4) is 0 Å². The van der Waals surface area contributed by atoms with Crippen LogP contribution in [0.1, 0.15) is 33.7 Å². The van der Waals surface area contributed by atoms with Gasteiger partial charge in [0.05, 0.1) is 24.4 Å². The van der Waals surface area contributed by atoms with Crippen molar-refractivity contribution >= 4 is 5.91 Å². The minimum atomic E-state index is -0.221. The molecule has 0 bridgehead atoms. The summed E-state index contributed by atoms with van der Waals surface area (Å²) in [5, 5.41) is 0. The van der Waals surface area contributed by atoms with E-state index < -0.39 is 0 Å². The van der Waals surface area contributed by atoms with Gasteiger partial charge in [0.25, 0.3) is 5.91 Å². The minimum Gasteiger partial charge on any atom is -0.367 e. The molecule has 1 atom stereocenters. The molecule has 1 N–H and O–H groups in total. The lowest BCUT2D eigenvalue weighted by atomic mass is 10.2. The van der Waals surface area contributed by atoms with Crippen LogP contribution in [-0.2, 0) is 4.74 Å². The molecule has 2 aromatic heterocycles. The van der Waals surface area contributed by atoms with Crippen molar-refractivity contribution in [2.45, 2.75) is 20.0 Å². The lowest BCUT2D eigenvalue weighted by Gasteiger charge is -2.32. The van der Waals surface area contributed by atoms with E-state index in [-0.39, 0.29) is 12.0 Å². The number of ether oxygens (including phenoxy) is 1. The van der Waals surface area contributed by atoms with E-state index in [0.717, 1.165) is 11.5 Å². The van der Waals surface area contributed by atoms with Gasteiger partial charge < -0.3 is 14.6 Å². The first-order valence-electron chi connectivity index (χ1n) is 6.84.